The van der Waals surface area contributed by atoms with Gasteiger partial charge in [0.1, 0.15) is 18.2 Å². The maximum atomic E-state index is 13.9. The summed E-state index contributed by atoms with van der Waals surface area (Å²) in [5.41, 5.74) is 1.29. The summed E-state index contributed by atoms with van der Waals surface area (Å²) >= 11 is 11.0. The monoisotopic (exact) mass is 426 g/mol. The molecular formula is C17H13BrClFN2OS. The maximum Gasteiger partial charge on any atom is 0.182 e. The number of hydrogen-bond acceptors (Lipinski definition) is 4. The van der Waals surface area contributed by atoms with E-state index >= 15 is 0 Å². The predicted octanol–water partition coefficient (Wildman–Crippen LogP) is 5.89. The van der Waals surface area contributed by atoms with E-state index in [4.69, 9.17) is 16.3 Å². The summed E-state index contributed by atoms with van der Waals surface area (Å²) in [6.45, 7) is 0.616. The molecule has 0 amide bonds. The number of benzene rings is 2. The van der Waals surface area contributed by atoms with Crippen molar-refractivity contribution in [3.63, 3.8) is 0 Å². The summed E-state index contributed by atoms with van der Waals surface area (Å²) in [7, 11) is 0. The lowest BCUT2D eigenvalue weighted by atomic mass is 10.2. The minimum Gasteiger partial charge on any atom is -0.488 e. The van der Waals surface area contributed by atoms with E-state index < -0.39 is 0 Å². The van der Waals surface area contributed by atoms with Gasteiger partial charge in [-0.15, -0.1) is 11.3 Å². The standard InChI is InChI=1S/C17H13BrClFN2OS/c18-12-4-5-16(11(8-12)9-22-17-21-6-7-24-17)23-10-13-14(19)2-1-3-15(13)20/h1-8H,9-10H2,(H,21,22). The summed E-state index contributed by atoms with van der Waals surface area (Å²) in [6, 6.07) is 10.3. The third kappa shape index (κ3) is 4.26. The minimum atomic E-state index is -0.373. The Morgan fingerprint density at radius 1 is 1.29 bits per heavy atom. The van der Waals surface area contributed by atoms with Crippen LogP contribution in [0.25, 0.3) is 0 Å². The van der Waals surface area contributed by atoms with Crippen LogP contribution in [0.4, 0.5) is 9.52 Å². The molecule has 0 aliphatic rings. The molecule has 7 heteroatoms. The van der Waals surface area contributed by atoms with Crippen LogP contribution in [-0.2, 0) is 13.2 Å². The first kappa shape index (κ1) is 17.2. The first-order chi connectivity index (χ1) is 11.6. The Morgan fingerprint density at radius 3 is 2.92 bits per heavy atom. The minimum absolute atomic E-state index is 0.0669. The van der Waals surface area contributed by atoms with Crippen LogP contribution in [0.3, 0.4) is 0 Å². The Kier molecular flexibility index (Phi) is 5.71. The third-order valence-electron chi connectivity index (χ3n) is 3.32. The second-order valence-corrected chi connectivity index (χ2v) is 7.15. The van der Waals surface area contributed by atoms with Gasteiger partial charge in [0.2, 0.25) is 0 Å². The molecule has 0 saturated carbocycles. The molecule has 0 saturated heterocycles. The molecule has 0 radical (unpaired) electrons. The van der Waals surface area contributed by atoms with Gasteiger partial charge >= 0.3 is 0 Å². The van der Waals surface area contributed by atoms with Crippen LogP contribution in [0.2, 0.25) is 5.02 Å². The van der Waals surface area contributed by atoms with E-state index in [1.807, 2.05) is 23.6 Å². The van der Waals surface area contributed by atoms with Gasteiger partial charge < -0.3 is 10.1 Å². The van der Waals surface area contributed by atoms with E-state index in [1.165, 1.54) is 17.4 Å². The first-order valence-electron chi connectivity index (χ1n) is 7.11. The number of anilines is 1. The van der Waals surface area contributed by atoms with Crippen molar-refractivity contribution in [3.05, 3.63) is 74.4 Å². The molecule has 1 heterocycles. The lowest BCUT2D eigenvalue weighted by Crippen LogP contribution is -2.05. The highest BCUT2D eigenvalue weighted by molar-refractivity contribution is 9.10. The van der Waals surface area contributed by atoms with Gasteiger partial charge in [-0.05, 0) is 30.3 Å². The highest BCUT2D eigenvalue weighted by atomic mass is 79.9. The van der Waals surface area contributed by atoms with Crippen LogP contribution in [0.5, 0.6) is 5.75 Å². The zero-order valence-electron chi connectivity index (χ0n) is 12.4. The second kappa shape index (κ2) is 7.96. The van der Waals surface area contributed by atoms with Crippen LogP contribution in [-0.4, -0.2) is 4.98 Å². The smallest absolute Gasteiger partial charge is 0.182 e. The van der Waals surface area contributed by atoms with Crippen LogP contribution < -0.4 is 10.1 Å². The summed E-state index contributed by atoms with van der Waals surface area (Å²) in [6.07, 6.45) is 1.74. The molecule has 0 fully saturated rings. The molecule has 0 aliphatic heterocycles. The largest absolute Gasteiger partial charge is 0.488 e. The van der Waals surface area contributed by atoms with Crippen molar-refractivity contribution < 1.29 is 9.13 Å². The number of aromatic nitrogens is 1. The van der Waals surface area contributed by atoms with Crippen molar-refractivity contribution in [2.75, 3.05) is 5.32 Å². The topological polar surface area (TPSA) is 34.1 Å². The molecule has 2 aromatic carbocycles. The van der Waals surface area contributed by atoms with E-state index in [1.54, 1.807) is 18.3 Å². The van der Waals surface area contributed by atoms with E-state index in [0.29, 0.717) is 22.9 Å². The number of rotatable bonds is 6. The fraction of sp³-hybridized carbons (Fsp3) is 0.118. The van der Waals surface area contributed by atoms with E-state index in [0.717, 1.165) is 15.2 Å². The van der Waals surface area contributed by atoms with Crippen LogP contribution in [0, 0.1) is 5.82 Å². The molecule has 0 aliphatic carbocycles. The fourth-order valence-corrected chi connectivity index (χ4v) is 3.28. The first-order valence-corrected chi connectivity index (χ1v) is 9.16. The van der Waals surface area contributed by atoms with Crippen LogP contribution in [0.15, 0.2) is 52.4 Å². The van der Waals surface area contributed by atoms with Gasteiger partial charge in [-0.3, -0.25) is 0 Å². The number of ether oxygens (including phenoxy) is 1. The fourth-order valence-electron chi connectivity index (χ4n) is 2.13. The van der Waals surface area contributed by atoms with Crippen molar-refractivity contribution in [3.8, 4) is 5.75 Å². The lowest BCUT2D eigenvalue weighted by molar-refractivity contribution is 0.297. The lowest BCUT2D eigenvalue weighted by Gasteiger charge is -2.13. The van der Waals surface area contributed by atoms with Crippen molar-refractivity contribution >= 4 is 44.0 Å². The molecule has 3 aromatic rings. The molecule has 0 spiro atoms. The molecule has 3 rings (SSSR count). The SMILES string of the molecule is Fc1cccc(Cl)c1COc1ccc(Br)cc1CNc1nccs1. The van der Waals surface area contributed by atoms with Gasteiger partial charge in [0.05, 0.1) is 5.02 Å². The van der Waals surface area contributed by atoms with Crippen molar-refractivity contribution in [2.45, 2.75) is 13.2 Å². The maximum absolute atomic E-state index is 13.9. The molecule has 124 valence electrons. The highest BCUT2D eigenvalue weighted by Crippen LogP contribution is 2.27. The third-order valence-corrected chi connectivity index (χ3v) is 4.90. The van der Waals surface area contributed by atoms with Crippen molar-refractivity contribution in [1.29, 1.82) is 0 Å². The average molecular weight is 428 g/mol. The van der Waals surface area contributed by atoms with Gasteiger partial charge in [0, 0.05) is 33.7 Å². The summed E-state index contributed by atoms with van der Waals surface area (Å²) < 4.78 is 20.6. The summed E-state index contributed by atoms with van der Waals surface area (Å²) in [5, 5.41) is 6.33. The van der Waals surface area contributed by atoms with Gasteiger partial charge in [0.25, 0.3) is 0 Å². The normalized spacial score (nSPS) is 10.6. The number of hydrogen-bond donors (Lipinski definition) is 1. The molecule has 0 atom stereocenters. The Bertz CT molecular complexity index is 809. The number of nitrogens with zero attached hydrogens (tertiary/aromatic N) is 1. The Hall–Kier alpha value is -1.63. The van der Waals surface area contributed by atoms with Gasteiger partial charge in [0.15, 0.2) is 5.13 Å². The van der Waals surface area contributed by atoms with E-state index in [9.17, 15) is 4.39 Å². The predicted molar refractivity (Wildman–Crippen MR) is 99.3 cm³/mol. The second-order valence-electron chi connectivity index (χ2n) is 4.93. The number of thiazole rings is 1. The zero-order valence-corrected chi connectivity index (χ0v) is 15.6. The van der Waals surface area contributed by atoms with Crippen LogP contribution >= 0.6 is 38.9 Å². The van der Waals surface area contributed by atoms with E-state index in [-0.39, 0.29) is 12.4 Å². The Labute approximate surface area is 156 Å². The molecule has 24 heavy (non-hydrogen) atoms. The Morgan fingerprint density at radius 2 is 2.17 bits per heavy atom. The molecule has 0 bridgehead atoms. The van der Waals surface area contributed by atoms with Crippen molar-refractivity contribution in [1.82, 2.24) is 4.98 Å². The van der Waals surface area contributed by atoms with Gasteiger partial charge in [-0.25, -0.2) is 9.37 Å². The van der Waals surface area contributed by atoms with Crippen molar-refractivity contribution in [2.24, 2.45) is 0 Å². The summed E-state index contributed by atoms with van der Waals surface area (Å²) in [4.78, 5) is 4.19. The summed E-state index contributed by atoms with van der Waals surface area (Å²) in [5.74, 6) is 0.295. The highest BCUT2D eigenvalue weighted by Gasteiger charge is 2.10. The van der Waals surface area contributed by atoms with E-state index in [2.05, 4.69) is 26.2 Å². The molecule has 0 unspecified atom stereocenters. The molecule has 1 aromatic heterocycles. The number of halogens is 3. The molecule has 1 N–H and O–H groups in total. The van der Waals surface area contributed by atoms with Gasteiger partial charge in [-0.1, -0.05) is 33.6 Å². The zero-order chi connectivity index (χ0) is 16.9. The quantitative estimate of drug-likeness (QED) is 0.532. The molecule has 3 nitrogen and oxygen atoms in total. The number of nitrogens with one attached hydrogen (secondary N) is 1. The van der Waals surface area contributed by atoms with Crippen LogP contribution in [0.1, 0.15) is 11.1 Å². The average Bonchev–Trinajstić information content (AvgIpc) is 3.07. The Balaban J connectivity index is 1.75. The van der Waals surface area contributed by atoms with Gasteiger partial charge in [-0.2, -0.15) is 0 Å². The molecular weight excluding hydrogens is 415 g/mol.